The summed E-state index contributed by atoms with van der Waals surface area (Å²) >= 11 is 0. The first-order chi connectivity index (χ1) is 16.1. The average molecular weight is 445 g/mol. The number of nitrogens with zero attached hydrogens (tertiary/aromatic N) is 3. The Balaban J connectivity index is 1.24. The summed E-state index contributed by atoms with van der Waals surface area (Å²) < 4.78 is 24.9. The first kappa shape index (κ1) is 20.8. The van der Waals surface area contributed by atoms with Crippen LogP contribution in [0.4, 0.5) is 0 Å². The van der Waals surface area contributed by atoms with Crippen LogP contribution < -0.4 is 14.2 Å². The van der Waals surface area contributed by atoms with Crippen LogP contribution in [0.15, 0.2) is 65.1 Å². The Kier molecular flexibility index (Phi) is 5.56. The lowest BCUT2D eigenvalue weighted by Gasteiger charge is -2.27. The van der Waals surface area contributed by atoms with Crippen LogP contribution in [0.5, 0.6) is 17.6 Å². The highest BCUT2D eigenvalue weighted by molar-refractivity contribution is 5.98. The van der Waals surface area contributed by atoms with E-state index in [0.717, 1.165) is 28.5 Å². The van der Waals surface area contributed by atoms with Gasteiger partial charge in [-0.2, -0.15) is 0 Å². The van der Waals surface area contributed by atoms with Crippen LogP contribution in [-0.2, 0) is 6.54 Å². The van der Waals surface area contributed by atoms with Crippen molar-refractivity contribution in [3.63, 3.8) is 0 Å². The number of ketones is 1. The third-order valence-electron chi connectivity index (χ3n) is 5.58. The number of benzene rings is 2. The molecule has 4 aromatic rings. The van der Waals surface area contributed by atoms with Gasteiger partial charge in [-0.1, -0.05) is 35.4 Å². The quantitative estimate of drug-likeness (QED) is 0.393. The molecule has 5 rings (SSSR count). The zero-order valence-electron chi connectivity index (χ0n) is 18.4. The molecule has 33 heavy (non-hydrogen) atoms. The van der Waals surface area contributed by atoms with Crippen molar-refractivity contribution in [2.45, 2.75) is 26.5 Å². The van der Waals surface area contributed by atoms with E-state index < -0.39 is 0 Å². The second-order valence-corrected chi connectivity index (χ2v) is 7.84. The number of Topliss-reactive ketones (excluding diaryl/α,β-unsaturated/α-hetero) is 1. The normalized spacial score (nSPS) is 14.8. The van der Waals surface area contributed by atoms with Gasteiger partial charge < -0.3 is 23.2 Å². The molecule has 168 valence electrons. The van der Waals surface area contributed by atoms with E-state index in [9.17, 15) is 4.79 Å². The topological polar surface area (TPSA) is 88.6 Å². The molecule has 2 aromatic carbocycles. The Morgan fingerprint density at radius 1 is 1.06 bits per heavy atom. The molecule has 0 amide bonds. The van der Waals surface area contributed by atoms with E-state index in [2.05, 4.69) is 14.8 Å². The summed E-state index contributed by atoms with van der Waals surface area (Å²) in [4.78, 5) is 12.9. The summed E-state index contributed by atoms with van der Waals surface area (Å²) in [6.45, 7) is 4.70. The third kappa shape index (κ3) is 4.32. The van der Waals surface area contributed by atoms with Gasteiger partial charge in [0.15, 0.2) is 24.2 Å². The van der Waals surface area contributed by atoms with Crippen molar-refractivity contribution < 1.29 is 23.4 Å². The van der Waals surface area contributed by atoms with Crippen LogP contribution in [0.25, 0.3) is 11.5 Å². The fourth-order valence-corrected chi connectivity index (χ4v) is 3.89. The van der Waals surface area contributed by atoms with Crippen molar-refractivity contribution in [3.05, 3.63) is 77.6 Å². The number of aromatic nitrogens is 3. The number of carbonyl (C=O) groups excluding carboxylic acids is 1. The summed E-state index contributed by atoms with van der Waals surface area (Å²) in [5.41, 5.74) is 3.18. The van der Waals surface area contributed by atoms with Gasteiger partial charge in [-0.05, 0) is 44.2 Å². The van der Waals surface area contributed by atoms with Gasteiger partial charge in [0.05, 0.1) is 6.54 Å². The van der Waals surface area contributed by atoms with Gasteiger partial charge >= 0.3 is 6.08 Å². The molecular weight excluding hydrogens is 422 g/mol. The molecule has 0 saturated heterocycles. The number of carbonyl (C=O) groups is 1. The zero-order valence-corrected chi connectivity index (χ0v) is 18.4. The molecule has 0 radical (unpaired) electrons. The predicted molar refractivity (Wildman–Crippen MR) is 120 cm³/mol. The van der Waals surface area contributed by atoms with E-state index in [0.29, 0.717) is 24.6 Å². The number of fused-ring (bicyclic) bond motifs is 1. The number of hydrogen-bond acceptors (Lipinski definition) is 7. The number of hydrogen-bond donors (Lipinski definition) is 0. The molecule has 8 nitrogen and oxygen atoms in total. The van der Waals surface area contributed by atoms with Crippen molar-refractivity contribution in [1.29, 1.82) is 0 Å². The Morgan fingerprint density at radius 2 is 1.82 bits per heavy atom. The minimum Gasteiger partial charge on any atom is -0.486 e. The first-order valence-corrected chi connectivity index (χ1v) is 10.7. The number of rotatable bonds is 7. The van der Waals surface area contributed by atoms with Crippen LogP contribution in [0.1, 0.15) is 21.7 Å². The molecular formula is C25H23N3O5. The SMILES string of the molecule is Cc1cc(C(=O)COc2nnc(-c3ccccc3)o2)c(C)n1CC1COc2ccccc2O1. The van der Waals surface area contributed by atoms with E-state index in [1.54, 1.807) is 0 Å². The summed E-state index contributed by atoms with van der Waals surface area (Å²) in [7, 11) is 0. The number of aryl methyl sites for hydroxylation is 1. The third-order valence-corrected chi connectivity index (χ3v) is 5.58. The molecule has 0 saturated carbocycles. The van der Waals surface area contributed by atoms with Crippen LogP contribution in [0.3, 0.4) is 0 Å². The van der Waals surface area contributed by atoms with Crippen LogP contribution in [-0.4, -0.2) is 39.9 Å². The van der Waals surface area contributed by atoms with Gasteiger partial charge in [-0.15, -0.1) is 5.10 Å². The zero-order chi connectivity index (χ0) is 22.8. The number of para-hydroxylation sites is 2. The Bertz CT molecular complexity index is 1280. The highest BCUT2D eigenvalue weighted by Crippen LogP contribution is 2.31. The largest absolute Gasteiger partial charge is 0.486 e. The lowest BCUT2D eigenvalue weighted by molar-refractivity contribution is 0.0776. The standard InChI is InChI=1S/C25H23N3O5/c1-16-12-20(17(2)28(16)13-19-14-30-22-10-6-7-11-23(22)32-19)21(29)15-31-25-27-26-24(33-25)18-8-4-3-5-9-18/h3-12,19H,13-15H2,1-2H3. The fourth-order valence-electron chi connectivity index (χ4n) is 3.89. The maximum atomic E-state index is 12.9. The lowest BCUT2D eigenvalue weighted by Crippen LogP contribution is -2.33. The van der Waals surface area contributed by atoms with E-state index in [1.807, 2.05) is 74.5 Å². The molecule has 0 N–H and O–H groups in total. The highest BCUT2D eigenvalue weighted by Gasteiger charge is 2.24. The molecule has 1 aliphatic rings. The van der Waals surface area contributed by atoms with Gasteiger partial charge in [0.25, 0.3) is 5.89 Å². The van der Waals surface area contributed by atoms with Gasteiger partial charge in [0.1, 0.15) is 6.61 Å². The van der Waals surface area contributed by atoms with E-state index >= 15 is 0 Å². The molecule has 1 atom stereocenters. The summed E-state index contributed by atoms with van der Waals surface area (Å²) in [5.74, 6) is 1.65. The van der Waals surface area contributed by atoms with Gasteiger partial charge in [0, 0.05) is 22.5 Å². The van der Waals surface area contributed by atoms with Crippen molar-refractivity contribution in [3.8, 4) is 29.0 Å². The Hall–Kier alpha value is -4.07. The smallest absolute Gasteiger partial charge is 0.415 e. The molecule has 2 aromatic heterocycles. The maximum absolute atomic E-state index is 12.9. The van der Waals surface area contributed by atoms with Crippen molar-refractivity contribution in [2.75, 3.05) is 13.2 Å². The predicted octanol–water partition coefficient (Wildman–Crippen LogP) is 4.26. The summed E-state index contributed by atoms with van der Waals surface area (Å²) in [6, 6.07) is 18.9. The van der Waals surface area contributed by atoms with E-state index in [4.69, 9.17) is 18.6 Å². The maximum Gasteiger partial charge on any atom is 0.415 e. The van der Waals surface area contributed by atoms with E-state index in [1.165, 1.54) is 0 Å². The highest BCUT2D eigenvalue weighted by atomic mass is 16.6. The fraction of sp³-hybridized carbons (Fsp3) is 0.240. The molecule has 1 unspecified atom stereocenters. The van der Waals surface area contributed by atoms with Gasteiger partial charge in [-0.3, -0.25) is 4.79 Å². The molecule has 0 fully saturated rings. The Labute approximate surface area is 190 Å². The van der Waals surface area contributed by atoms with Gasteiger partial charge in [-0.25, -0.2) is 0 Å². The molecule has 0 aliphatic carbocycles. The average Bonchev–Trinajstić information content (AvgIpc) is 3.43. The van der Waals surface area contributed by atoms with Crippen LogP contribution >= 0.6 is 0 Å². The van der Waals surface area contributed by atoms with Crippen LogP contribution in [0, 0.1) is 13.8 Å². The van der Waals surface area contributed by atoms with Crippen molar-refractivity contribution in [2.24, 2.45) is 0 Å². The Morgan fingerprint density at radius 3 is 2.64 bits per heavy atom. The summed E-state index contributed by atoms with van der Waals surface area (Å²) in [5, 5.41) is 7.84. The second kappa shape index (κ2) is 8.82. The van der Waals surface area contributed by atoms with Crippen molar-refractivity contribution in [1.82, 2.24) is 14.8 Å². The summed E-state index contributed by atoms with van der Waals surface area (Å²) in [6.07, 6.45) is -0.193. The van der Waals surface area contributed by atoms with Crippen LogP contribution in [0.2, 0.25) is 0 Å². The lowest BCUT2D eigenvalue weighted by atomic mass is 10.1. The second-order valence-electron chi connectivity index (χ2n) is 7.84. The minimum absolute atomic E-state index is 0.0394. The monoisotopic (exact) mass is 445 g/mol. The first-order valence-electron chi connectivity index (χ1n) is 10.7. The molecule has 3 heterocycles. The minimum atomic E-state index is -0.197. The van der Waals surface area contributed by atoms with E-state index in [-0.39, 0.29) is 24.6 Å². The molecule has 8 heteroatoms. The van der Waals surface area contributed by atoms with Crippen molar-refractivity contribution >= 4 is 5.78 Å². The van der Waals surface area contributed by atoms with Gasteiger partial charge in [0.2, 0.25) is 5.78 Å². The molecule has 1 aliphatic heterocycles. The number of ether oxygens (including phenoxy) is 3. The molecule has 0 spiro atoms. The molecule has 0 bridgehead atoms.